The van der Waals surface area contributed by atoms with E-state index in [0.717, 1.165) is 11.9 Å². The molecule has 0 spiro atoms. The third kappa shape index (κ3) is 3.46. The predicted octanol–water partition coefficient (Wildman–Crippen LogP) is 3.14. The average Bonchev–Trinajstić information content (AvgIpc) is 2.52. The second-order valence-corrected chi connectivity index (χ2v) is 4.99. The summed E-state index contributed by atoms with van der Waals surface area (Å²) in [6.07, 6.45) is 2.62. The summed E-state index contributed by atoms with van der Waals surface area (Å²) in [6, 6.07) is 0. The van der Waals surface area contributed by atoms with E-state index in [-0.39, 0.29) is 12.0 Å². The molecule has 0 bridgehead atoms. The first-order chi connectivity index (χ1) is 6.58. The lowest BCUT2D eigenvalue weighted by molar-refractivity contribution is 0.0812. The summed E-state index contributed by atoms with van der Waals surface area (Å²) in [5, 5.41) is 0.938. The molecule has 1 fully saturated rings. The van der Waals surface area contributed by atoms with E-state index in [9.17, 15) is 8.78 Å². The Bertz CT molecular complexity index is 170. The van der Waals surface area contributed by atoms with Gasteiger partial charge in [-0.1, -0.05) is 28.8 Å². The molecule has 14 heavy (non-hydrogen) atoms. The zero-order valence-corrected chi connectivity index (χ0v) is 10.2. The van der Waals surface area contributed by atoms with E-state index in [1.165, 1.54) is 25.7 Å². The molecule has 0 radical (unpaired) electrons. The summed E-state index contributed by atoms with van der Waals surface area (Å²) in [6.45, 7) is 0.692. The third-order valence-corrected chi connectivity index (χ3v) is 4.19. The number of halogens is 3. The molecule has 0 heterocycles. The fourth-order valence-corrected chi connectivity index (χ4v) is 3.07. The predicted molar refractivity (Wildman–Crippen MR) is 58.2 cm³/mol. The van der Waals surface area contributed by atoms with Crippen molar-refractivity contribution < 1.29 is 8.78 Å². The Morgan fingerprint density at radius 1 is 1.36 bits per heavy atom. The van der Waals surface area contributed by atoms with Gasteiger partial charge in [0.05, 0.1) is 6.54 Å². The van der Waals surface area contributed by atoms with E-state index in [1.807, 2.05) is 0 Å². The lowest BCUT2D eigenvalue weighted by Gasteiger charge is -2.31. The Balaban J connectivity index is 2.39. The first-order valence-corrected chi connectivity index (χ1v) is 6.23. The molecular weight excluding hydrogens is 252 g/mol. The standard InChI is InChI=1S/C10H18BrF2N/c1-14(6-9(12)13)8-10(7-11)4-2-3-5-10/h9H,2-8H2,1H3. The summed E-state index contributed by atoms with van der Waals surface area (Å²) in [7, 11) is 1.79. The van der Waals surface area contributed by atoms with Gasteiger partial charge in [0.15, 0.2) is 0 Å². The van der Waals surface area contributed by atoms with Crippen LogP contribution in [0.1, 0.15) is 25.7 Å². The van der Waals surface area contributed by atoms with Crippen LogP contribution in [-0.2, 0) is 0 Å². The minimum absolute atomic E-state index is 0.102. The van der Waals surface area contributed by atoms with Crippen LogP contribution in [0.5, 0.6) is 0 Å². The fraction of sp³-hybridized carbons (Fsp3) is 1.00. The van der Waals surface area contributed by atoms with Gasteiger partial charge < -0.3 is 4.90 Å². The van der Waals surface area contributed by atoms with Gasteiger partial charge in [0, 0.05) is 11.9 Å². The topological polar surface area (TPSA) is 3.24 Å². The van der Waals surface area contributed by atoms with Gasteiger partial charge >= 0.3 is 0 Å². The van der Waals surface area contributed by atoms with E-state index in [4.69, 9.17) is 0 Å². The van der Waals surface area contributed by atoms with Crippen LogP contribution in [0.2, 0.25) is 0 Å². The summed E-state index contributed by atoms with van der Waals surface area (Å²) in [5.74, 6) is 0. The molecule has 0 atom stereocenters. The number of nitrogens with zero attached hydrogens (tertiary/aromatic N) is 1. The number of hydrogen-bond donors (Lipinski definition) is 0. The molecule has 0 unspecified atom stereocenters. The van der Waals surface area contributed by atoms with Crippen molar-refractivity contribution in [1.82, 2.24) is 4.90 Å². The van der Waals surface area contributed by atoms with Crippen LogP contribution in [0.15, 0.2) is 0 Å². The van der Waals surface area contributed by atoms with E-state index < -0.39 is 6.43 Å². The van der Waals surface area contributed by atoms with E-state index in [1.54, 1.807) is 11.9 Å². The van der Waals surface area contributed by atoms with E-state index in [0.29, 0.717) is 0 Å². The molecular formula is C10H18BrF2N. The van der Waals surface area contributed by atoms with Crippen LogP contribution in [0.25, 0.3) is 0 Å². The molecule has 0 saturated heterocycles. The lowest BCUT2D eigenvalue weighted by atomic mass is 9.88. The van der Waals surface area contributed by atoms with Crippen LogP contribution >= 0.6 is 15.9 Å². The SMILES string of the molecule is CN(CC(F)F)CC1(CBr)CCCC1. The molecule has 0 aromatic carbocycles. The van der Waals surface area contributed by atoms with Gasteiger partial charge in [-0.2, -0.15) is 0 Å². The first-order valence-electron chi connectivity index (χ1n) is 5.11. The molecule has 1 saturated carbocycles. The zero-order chi connectivity index (χ0) is 10.6. The average molecular weight is 270 g/mol. The minimum Gasteiger partial charge on any atom is -0.300 e. The highest BCUT2D eigenvalue weighted by atomic mass is 79.9. The van der Waals surface area contributed by atoms with Crippen molar-refractivity contribution in [2.45, 2.75) is 32.1 Å². The molecule has 4 heteroatoms. The monoisotopic (exact) mass is 269 g/mol. The maximum Gasteiger partial charge on any atom is 0.251 e. The molecule has 1 rings (SSSR count). The van der Waals surface area contributed by atoms with Crippen LogP contribution in [0.4, 0.5) is 8.78 Å². The molecule has 0 aromatic rings. The first kappa shape index (κ1) is 12.4. The van der Waals surface area contributed by atoms with Gasteiger partial charge in [-0.15, -0.1) is 0 Å². The van der Waals surface area contributed by atoms with Crippen LogP contribution in [0, 0.1) is 5.41 Å². The van der Waals surface area contributed by atoms with Crippen molar-refractivity contribution >= 4 is 15.9 Å². The van der Waals surface area contributed by atoms with Gasteiger partial charge in [-0.25, -0.2) is 8.78 Å². The van der Waals surface area contributed by atoms with Gasteiger partial charge in [-0.05, 0) is 25.3 Å². The van der Waals surface area contributed by atoms with Gasteiger partial charge in [0.25, 0.3) is 6.43 Å². The van der Waals surface area contributed by atoms with Crippen molar-refractivity contribution in [3.8, 4) is 0 Å². The number of rotatable bonds is 5. The minimum atomic E-state index is -2.21. The molecule has 0 amide bonds. The van der Waals surface area contributed by atoms with Crippen molar-refractivity contribution in [3.05, 3.63) is 0 Å². The van der Waals surface area contributed by atoms with Crippen LogP contribution in [-0.4, -0.2) is 36.8 Å². The Kier molecular flexibility index (Phi) is 4.77. The van der Waals surface area contributed by atoms with Crippen LogP contribution < -0.4 is 0 Å². The normalized spacial score (nSPS) is 21.0. The summed E-state index contributed by atoms with van der Waals surface area (Å²) < 4.78 is 24.3. The highest BCUT2D eigenvalue weighted by Crippen LogP contribution is 2.40. The summed E-state index contributed by atoms with van der Waals surface area (Å²) >= 11 is 3.51. The molecule has 0 aromatic heterocycles. The second kappa shape index (κ2) is 5.40. The maximum absolute atomic E-state index is 12.1. The van der Waals surface area contributed by atoms with Gasteiger partial charge in [0.1, 0.15) is 0 Å². The largest absolute Gasteiger partial charge is 0.300 e. The Morgan fingerprint density at radius 2 is 1.93 bits per heavy atom. The molecule has 0 aliphatic heterocycles. The van der Waals surface area contributed by atoms with Crippen molar-refractivity contribution in [3.63, 3.8) is 0 Å². The van der Waals surface area contributed by atoms with Crippen LogP contribution in [0.3, 0.4) is 0 Å². The highest BCUT2D eigenvalue weighted by Gasteiger charge is 2.34. The fourth-order valence-electron chi connectivity index (χ4n) is 2.33. The number of hydrogen-bond acceptors (Lipinski definition) is 1. The molecule has 1 aliphatic carbocycles. The van der Waals surface area contributed by atoms with Gasteiger partial charge in [0.2, 0.25) is 0 Å². The smallest absolute Gasteiger partial charge is 0.251 e. The van der Waals surface area contributed by atoms with Crippen molar-refractivity contribution in [1.29, 1.82) is 0 Å². The van der Waals surface area contributed by atoms with Crippen molar-refractivity contribution in [2.75, 3.05) is 25.5 Å². The summed E-state index contributed by atoms with van der Waals surface area (Å²) in [4.78, 5) is 1.76. The second-order valence-electron chi connectivity index (χ2n) is 4.43. The Morgan fingerprint density at radius 3 is 2.36 bits per heavy atom. The van der Waals surface area contributed by atoms with E-state index in [2.05, 4.69) is 15.9 Å². The maximum atomic E-state index is 12.1. The molecule has 84 valence electrons. The third-order valence-electron chi connectivity index (χ3n) is 3.00. The Hall–Kier alpha value is 0.300. The molecule has 1 aliphatic rings. The Labute approximate surface area is 93.0 Å². The van der Waals surface area contributed by atoms with Crippen molar-refractivity contribution in [2.24, 2.45) is 5.41 Å². The molecule has 0 N–H and O–H groups in total. The van der Waals surface area contributed by atoms with Gasteiger partial charge in [-0.3, -0.25) is 0 Å². The number of alkyl halides is 3. The lowest BCUT2D eigenvalue weighted by Crippen LogP contribution is -2.37. The quantitative estimate of drug-likeness (QED) is 0.694. The summed E-state index contributed by atoms with van der Waals surface area (Å²) in [5.41, 5.74) is 0.254. The zero-order valence-electron chi connectivity index (χ0n) is 8.61. The highest BCUT2D eigenvalue weighted by molar-refractivity contribution is 9.09. The van der Waals surface area contributed by atoms with E-state index >= 15 is 0 Å². The molecule has 1 nitrogen and oxygen atoms in total.